The van der Waals surface area contributed by atoms with Crippen LogP contribution in [-0.2, 0) is 10.2 Å². The molecule has 2 aliphatic rings. The molecule has 7 nitrogen and oxygen atoms in total. The summed E-state index contributed by atoms with van der Waals surface area (Å²) in [4.78, 5) is 16.2. The molecular weight excluding hydrogens is 388 g/mol. The first kappa shape index (κ1) is 19.8. The second kappa shape index (κ2) is 7.81. The van der Waals surface area contributed by atoms with E-state index in [9.17, 15) is 0 Å². The van der Waals surface area contributed by atoms with Crippen molar-refractivity contribution in [3.05, 3.63) is 53.9 Å². The lowest BCUT2D eigenvalue weighted by Crippen LogP contribution is -2.36. The zero-order valence-electron chi connectivity index (χ0n) is 18.3. The number of hydrogen-bond donors (Lipinski definition) is 2. The van der Waals surface area contributed by atoms with E-state index in [0.717, 1.165) is 61.2 Å². The smallest absolute Gasteiger partial charge is 0.227 e. The molecule has 1 aromatic carbocycles. The standard InChI is InChI=1S/C24H28N6O/c1-16-12-18(30-8-10-31-11-9-30)4-5-20(16)28-23-25-7-6-21(29-23)17-13-19-22(26-14-17)27-15-24(19,2)3/h4-7,12-14H,8-11,15H2,1-3H3,(H,26,27)(H,25,28,29). The Morgan fingerprint density at radius 2 is 1.94 bits per heavy atom. The Labute approximate surface area is 182 Å². The summed E-state index contributed by atoms with van der Waals surface area (Å²) in [6.07, 6.45) is 3.67. The van der Waals surface area contributed by atoms with Crippen LogP contribution in [0.5, 0.6) is 0 Å². The van der Waals surface area contributed by atoms with Crippen LogP contribution < -0.4 is 15.5 Å². The number of nitrogens with one attached hydrogen (secondary N) is 2. The summed E-state index contributed by atoms with van der Waals surface area (Å²) in [6, 6.07) is 10.6. The lowest BCUT2D eigenvalue weighted by Gasteiger charge is -2.29. The van der Waals surface area contributed by atoms with Crippen molar-refractivity contribution in [2.24, 2.45) is 0 Å². The van der Waals surface area contributed by atoms with E-state index in [4.69, 9.17) is 9.72 Å². The molecule has 2 aromatic heterocycles. The third kappa shape index (κ3) is 3.93. The number of rotatable bonds is 4. The van der Waals surface area contributed by atoms with Gasteiger partial charge in [-0.1, -0.05) is 13.8 Å². The minimum atomic E-state index is 0.0613. The number of nitrogens with zero attached hydrogens (tertiary/aromatic N) is 4. The van der Waals surface area contributed by atoms with E-state index in [0.29, 0.717) is 5.95 Å². The van der Waals surface area contributed by atoms with Crippen LogP contribution in [0, 0.1) is 6.92 Å². The summed E-state index contributed by atoms with van der Waals surface area (Å²) >= 11 is 0. The van der Waals surface area contributed by atoms with Crippen LogP contribution in [0.3, 0.4) is 0 Å². The molecule has 160 valence electrons. The molecule has 0 radical (unpaired) electrons. The van der Waals surface area contributed by atoms with E-state index in [-0.39, 0.29) is 5.41 Å². The second-order valence-corrected chi connectivity index (χ2v) is 8.85. The fourth-order valence-corrected chi connectivity index (χ4v) is 4.17. The van der Waals surface area contributed by atoms with Gasteiger partial charge in [0.05, 0.1) is 18.9 Å². The van der Waals surface area contributed by atoms with Crippen LogP contribution in [0.4, 0.5) is 23.1 Å². The number of fused-ring (bicyclic) bond motifs is 1. The number of aromatic nitrogens is 3. The molecule has 4 heterocycles. The summed E-state index contributed by atoms with van der Waals surface area (Å²) in [7, 11) is 0. The molecule has 0 aliphatic carbocycles. The lowest BCUT2D eigenvalue weighted by molar-refractivity contribution is 0.122. The quantitative estimate of drug-likeness (QED) is 0.662. The number of hydrogen-bond acceptors (Lipinski definition) is 7. The highest BCUT2D eigenvalue weighted by atomic mass is 16.5. The van der Waals surface area contributed by atoms with Gasteiger partial charge in [-0.25, -0.2) is 15.0 Å². The van der Waals surface area contributed by atoms with E-state index < -0.39 is 0 Å². The molecular formula is C24H28N6O. The van der Waals surface area contributed by atoms with Gasteiger partial charge in [-0.2, -0.15) is 0 Å². The van der Waals surface area contributed by atoms with Crippen molar-refractivity contribution >= 4 is 23.1 Å². The molecule has 0 spiro atoms. The lowest BCUT2D eigenvalue weighted by atomic mass is 9.87. The van der Waals surface area contributed by atoms with Crippen molar-refractivity contribution in [1.29, 1.82) is 0 Å². The van der Waals surface area contributed by atoms with Crippen LogP contribution in [-0.4, -0.2) is 47.8 Å². The number of benzene rings is 1. The molecule has 7 heteroatoms. The largest absolute Gasteiger partial charge is 0.378 e. The van der Waals surface area contributed by atoms with Crippen LogP contribution >= 0.6 is 0 Å². The monoisotopic (exact) mass is 416 g/mol. The SMILES string of the molecule is Cc1cc(N2CCOCC2)ccc1Nc1nccc(-c2cnc3c(c2)C(C)(C)CN3)n1. The summed E-state index contributed by atoms with van der Waals surface area (Å²) in [5, 5.41) is 6.76. The molecule has 0 bridgehead atoms. The zero-order chi connectivity index (χ0) is 21.4. The Bertz CT molecular complexity index is 1110. The average Bonchev–Trinajstić information content (AvgIpc) is 3.10. The molecule has 3 aromatic rings. The van der Waals surface area contributed by atoms with E-state index in [2.05, 4.69) is 70.5 Å². The third-order valence-electron chi connectivity index (χ3n) is 6.10. The molecule has 31 heavy (non-hydrogen) atoms. The molecule has 1 fully saturated rings. The van der Waals surface area contributed by atoms with Crippen molar-refractivity contribution in [2.75, 3.05) is 48.4 Å². The maximum absolute atomic E-state index is 5.46. The fourth-order valence-electron chi connectivity index (χ4n) is 4.17. The van der Waals surface area contributed by atoms with Crippen molar-refractivity contribution in [3.8, 4) is 11.3 Å². The van der Waals surface area contributed by atoms with Gasteiger partial charge in [-0.3, -0.25) is 0 Å². The highest BCUT2D eigenvalue weighted by Gasteiger charge is 2.31. The predicted molar refractivity (Wildman–Crippen MR) is 124 cm³/mol. The fraction of sp³-hybridized carbons (Fsp3) is 0.375. The first-order chi connectivity index (χ1) is 15.0. The summed E-state index contributed by atoms with van der Waals surface area (Å²) in [5.74, 6) is 1.55. The molecule has 0 amide bonds. The Balaban J connectivity index is 1.38. The summed E-state index contributed by atoms with van der Waals surface area (Å²) in [5.41, 5.74) is 6.54. The molecule has 2 N–H and O–H groups in total. The Hall–Kier alpha value is -3.19. The normalized spacial score (nSPS) is 17.2. The van der Waals surface area contributed by atoms with Gasteiger partial charge in [-0.15, -0.1) is 0 Å². The van der Waals surface area contributed by atoms with E-state index in [1.54, 1.807) is 6.20 Å². The molecule has 0 atom stereocenters. The van der Waals surface area contributed by atoms with Crippen molar-refractivity contribution in [3.63, 3.8) is 0 Å². The number of ether oxygens (including phenoxy) is 1. The highest BCUT2D eigenvalue weighted by molar-refractivity contribution is 5.68. The first-order valence-corrected chi connectivity index (χ1v) is 10.8. The zero-order valence-corrected chi connectivity index (χ0v) is 18.3. The predicted octanol–water partition coefficient (Wildman–Crippen LogP) is 4.13. The van der Waals surface area contributed by atoms with Gasteiger partial charge in [0.25, 0.3) is 0 Å². The van der Waals surface area contributed by atoms with E-state index >= 15 is 0 Å². The van der Waals surface area contributed by atoms with Crippen LogP contribution in [0.1, 0.15) is 25.0 Å². The van der Waals surface area contributed by atoms with Crippen LogP contribution in [0.2, 0.25) is 0 Å². The van der Waals surface area contributed by atoms with Gasteiger partial charge in [0.2, 0.25) is 5.95 Å². The number of anilines is 4. The van der Waals surface area contributed by atoms with Crippen molar-refractivity contribution in [1.82, 2.24) is 15.0 Å². The first-order valence-electron chi connectivity index (χ1n) is 10.8. The van der Waals surface area contributed by atoms with Gasteiger partial charge in [-0.05, 0) is 42.8 Å². The summed E-state index contributed by atoms with van der Waals surface area (Å²) in [6.45, 7) is 10.9. The second-order valence-electron chi connectivity index (χ2n) is 8.85. The van der Waals surface area contributed by atoms with Gasteiger partial charge >= 0.3 is 0 Å². The van der Waals surface area contributed by atoms with Crippen molar-refractivity contribution < 1.29 is 4.74 Å². The summed E-state index contributed by atoms with van der Waals surface area (Å²) < 4.78 is 5.46. The third-order valence-corrected chi connectivity index (χ3v) is 6.10. The maximum Gasteiger partial charge on any atom is 0.227 e. The average molecular weight is 417 g/mol. The molecule has 2 aliphatic heterocycles. The Kier molecular flexibility index (Phi) is 4.98. The Morgan fingerprint density at radius 3 is 2.74 bits per heavy atom. The molecule has 0 saturated carbocycles. The van der Waals surface area contributed by atoms with Crippen LogP contribution in [0.15, 0.2) is 42.7 Å². The van der Waals surface area contributed by atoms with E-state index in [1.807, 2.05) is 12.3 Å². The topological polar surface area (TPSA) is 75.2 Å². The minimum Gasteiger partial charge on any atom is -0.378 e. The Morgan fingerprint density at radius 1 is 1.10 bits per heavy atom. The number of pyridine rings is 1. The highest BCUT2D eigenvalue weighted by Crippen LogP contribution is 2.36. The van der Waals surface area contributed by atoms with Gasteiger partial charge in [0.15, 0.2) is 0 Å². The van der Waals surface area contributed by atoms with E-state index in [1.165, 1.54) is 11.3 Å². The number of aryl methyl sites for hydroxylation is 1. The van der Waals surface area contributed by atoms with Gasteiger partial charge in [0.1, 0.15) is 5.82 Å². The molecule has 5 rings (SSSR count). The van der Waals surface area contributed by atoms with Crippen LogP contribution in [0.25, 0.3) is 11.3 Å². The number of morpholine rings is 1. The minimum absolute atomic E-state index is 0.0613. The molecule has 1 saturated heterocycles. The molecule has 0 unspecified atom stereocenters. The van der Waals surface area contributed by atoms with Gasteiger partial charge in [0, 0.05) is 59.9 Å². The van der Waals surface area contributed by atoms with Crippen molar-refractivity contribution in [2.45, 2.75) is 26.2 Å². The van der Waals surface area contributed by atoms with Gasteiger partial charge < -0.3 is 20.3 Å². The maximum atomic E-state index is 5.46.